The highest BCUT2D eigenvalue weighted by molar-refractivity contribution is 5.96. The van der Waals surface area contributed by atoms with E-state index in [2.05, 4.69) is 0 Å². The third-order valence-electron chi connectivity index (χ3n) is 7.01. The minimum Gasteiger partial charge on any atom is -0.469 e. The lowest BCUT2D eigenvalue weighted by Crippen LogP contribution is -2.49. The van der Waals surface area contributed by atoms with E-state index in [1.165, 1.54) is 65.1 Å². The fourth-order valence-corrected chi connectivity index (χ4v) is 5.41. The van der Waals surface area contributed by atoms with Gasteiger partial charge in [-0.1, -0.05) is 24.3 Å². The first-order chi connectivity index (χ1) is 16.9. The van der Waals surface area contributed by atoms with Crippen LogP contribution in [0, 0.1) is 23.5 Å². The zero-order chi connectivity index (χ0) is 24.9. The van der Waals surface area contributed by atoms with E-state index in [9.17, 15) is 28.3 Å². The number of carbonyl (C=O) groups is 2. The molecule has 2 aliphatic rings. The van der Waals surface area contributed by atoms with Crippen LogP contribution in [0.2, 0.25) is 0 Å². The van der Waals surface area contributed by atoms with Gasteiger partial charge in [-0.15, -0.1) is 0 Å². The van der Waals surface area contributed by atoms with Crippen LogP contribution >= 0.6 is 0 Å². The number of aliphatic hydroxyl groups excluding tert-OH is 1. The molecule has 1 aromatic heterocycles. The number of amides is 1. The van der Waals surface area contributed by atoms with Crippen molar-refractivity contribution in [3.63, 3.8) is 0 Å². The van der Waals surface area contributed by atoms with Gasteiger partial charge in [0.2, 0.25) is 0 Å². The molecule has 0 unspecified atom stereocenters. The highest BCUT2D eigenvalue weighted by Gasteiger charge is 2.58. The fraction of sp³-hybridized carbons (Fsp3) is 0.269. The molecule has 2 aromatic carbocycles. The van der Waals surface area contributed by atoms with Crippen molar-refractivity contribution in [2.24, 2.45) is 11.8 Å². The molecule has 1 saturated heterocycles. The van der Waals surface area contributed by atoms with Crippen molar-refractivity contribution in [3.8, 4) is 11.1 Å². The molecule has 9 heteroatoms. The summed E-state index contributed by atoms with van der Waals surface area (Å²) in [6.07, 6.45) is 0. The average molecular weight is 480 g/mol. The second-order valence-corrected chi connectivity index (χ2v) is 8.69. The van der Waals surface area contributed by atoms with E-state index in [-0.39, 0.29) is 17.7 Å². The second kappa shape index (κ2) is 8.74. The summed E-state index contributed by atoms with van der Waals surface area (Å²) in [4.78, 5) is 41.3. The van der Waals surface area contributed by atoms with E-state index in [0.717, 1.165) is 0 Å². The van der Waals surface area contributed by atoms with Gasteiger partial charge in [-0.2, -0.15) is 0 Å². The maximum Gasteiger partial charge on any atom is 0.311 e. The Hall–Kier alpha value is -3.85. The topological polar surface area (TPSA) is 88.8 Å². The standard InChI is InChI=1S/C26H22F2N2O5/c1-35-26(34)22-18(13-31)21-12-29-20(11-10-16(24(29)32)14-6-8-15(27)9-7-14)23(22)30(21)25(33)17-4-2-3-5-19(17)28/h2-11,18,21-23,31H,12-13H2,1H3/t18-,21-,22+,23+/m1/s1. The van der Waals surface area contributed by atoms with Crippen molar-refractivity contribution < 1.29 is 28.2 Å². The number of nitrogens with zero attached hydrogens (tertiary/aromatic N) is 2. The van der Waals surface area contributed by atoms with Gasteiger partial charge >= 0.3 is 5.97 Å². The minimum atomic E-state index is -0.949. The first-order valence-electron chi connectivity index (χ1n) is 11.1. The third-order valence-corrected chi connectivity index (χ3v) is 7.01. The molecule has 0 radical (unpaired) electrons. The monoisotopic (exact) mass is 480 g/mol. The van der Waals surface area contributed by atoms with Crippen LogP contribution in [0.5, 0.6) is 0 Å². The summed E-state index contributed by atoms with van der Waals surface area (Å²) < 4.78 is 34.4. The van der Waals surface area contributed by atoms with Crippen molar-refractivity contribution in [1.82, 2.24) is 9.47 Å². The molecule has 1 fully saturated rings. The number of benzene rings is 2. The maximum atomic E-state index is 14.5. The van der Waals surface area contributed by atoms with E-state index in [1.54, 1.807) is 12.1 Å². The lowest BCUT2D eigenvalue weighted by molar-refractivity contribution is -0.148. The molecule has 2 bridgehead atoms. The Morgan fingerprint density at radius 2 is 1.77 bits per heavy atom. The Bertz CT molecular complexity index is 1370. The quantitative estimate of drug-likeness (QED) is 0.581. The van der Waals surface area contributed by atoms with Gasteiger partial charge in [0.05, 0.1) is 30.7 Å². The molecule has 0 spiro atoms. The normalized spacial score (nSPS) is 22.6. The molecule has 1 amide bonds. The number of carbonyl (C=O) groups excluding carboxylic acids is 2. The number of pyridine rings is 1. The van der Waals surface area contributed by atoms with E-state index in [1.807, 2.05) is 0 Å². The van der Waals surface area contributed by atoms with Crippen LogP contribution in [0.3, 0.4) is 0 Å². The molecule has 35 heavy (non-hydrogen) atoms. The zero-order valence-electron chi connectivity index (χ0n) is 18.7. The lowest BCUT2D eigenvalue weighted by Gasteiger charge is -2.38. The molecule has 5 rings (SSSR count). The SMILES string of the molecule is COC(=O)[C@H]1[C@H](CO)[C@H]2Cn3c(ccc(-c4ccc(F)cc4)c3=O)[C@@H]1N2C(=O)c1ccccc1F. The highest BCUT2D eigenvalue weighted by atomic mass is 19.1. The van der Waals surface area contributed by atoms with Gasteiger partial charge in [0.15, 0.2) is 0 Å². The van der Waals surface area contributed by atoms with Crippen molar-refractivity contribution in [3.05, 3.63) is 93.9 Å². The number of halogens is 2. The Morgan fingerprint density at radius 3 is 2.43 bits per heavy atom. The fourth-order valence-electron chi connectivity index (χ4n) is 5.41. The highest BCUT2D eigenvalue weighted by Crippen LogP contribution is 2.49. The number of rotatable bonds is 4. The van der Waals surface area contributed by atoms with Crippen LogP contribution in [0.1, 0.15) is 22.1 Å². The molecule has 3 heterocycles. The van der Waals surface area contributed by atoms with Crippen molar-refractivity contribution in [1.29, 1.82) is 0 Å². The number of aliphatic hydroxyl groups is 1. The number of aromatic nitrogens is 1. The van der Waals surface area contributed by atoms with Gasteiger partial charge < -0.3 is 19.3 Å². The lowest BCUT2D eigenvalue weighted by atomic mass is 9.87. The van der Waals surface area contributed by atoms with Gasteiger partial charge in [-0.25, -0.2) is 8.78 Å². The molecule has 1 N–H and O–H groups in total. The number of hydrogen-bond acceptors (Lipinski definition) is 5. The summed E-state index contributed by atoms with van der Waals surface area (Å²) in [5, 5.41) is 10.2. The van der Waals surface area contributed by atoms with E-state index < -0.39 is 54.0 Å². The Balaban J connectivity index is 1.68. The van der Waals surface area contributed by atoms with Crippen LogP contribution in [-0.2, 0) is 16.1 Å². The molecule has 0 aliphatic carbocycles. The number of esters is 1. The van der Waals surface area contributed by atoms with E-state index >= 15 is 0 Å². The summed E-state index contributed by atoms with van der Waals surface area (Å²) in [6.45, 7) is -0.436. The third kappa shape index (κ3) is 3.54. The van der Waals surface area contributed by atoms with Crippen LogP contribution in [0.4, 0.5) is 8.78 Å². The molecular weight excluding hydrogens is 458 g/mol. The Labute approximate surface area is 199 Å². The first-order valence-corrected chi connectivity index (χ1v) is 11.1. The molecule has 7 nitrogen and oxygen atoms in total. The smallest absolute Gasteiger partial charge is 0.311 e. The van der Waals surface area contributed by atoms with Crippen LogP contribution in [0.15, 0.2) is 65.5 Å². The van der Waals surface area contributed by atoms with E-state index in [4.69, 9.17) is 4.74 Å². The average Bonchev–Trinajstić information content (AvgIpc) is 3.11. The molecular formula is C26H22F2N2O5. The van der Waals surface area contributed by atoms with Crippen LogP contribution in [0.25, 0.3) is 11.1 Å². The van der Waals surface area contributed by atoms with Crippen LogP contribution < -0.4 is 5.56 Å². The first kappa shape index (κ1) is 22.9. The number of ether oxygens (including phenoxy) is 1. The number of methoxy groups -OCH3 is 1. The largest absolute Gasteiger partial charge is 0.469 e. The van der Waals surface area contributed by atoms with Gasteiger partial charge in [0.1, 0.15) is 11.6 Å². The summed E-state index contributed by atoms with van der Waals surface area (Å²) in [6, 6.07) is 12.6. The minimum absolute atomic E-state index is 0.00137. The van der Waals surface area contributed by atoms with Crippen LogP contribution in [-0.4, -0.2) is 46.2 Å². The summed E-state index contributed by atoms with van der Waals surface area (Å²) >= 11 is 0. The predicted molar refractivity (Wildman–Crippen MR) is 121 cm³/mol. The molecule has 4 atom stereocenters. The Kier molecular flexibility index (Phi) is 5.72. The van der Waals surface area contributed by atoms with Gasteiger partial charge in [0.25, 0.3) is 11.5 Å². The number of hydrogen-bond donors (Lipinski definition) is 1. The number of fused-ring (bicyclic) bond motifs is 4. The summed E-state index contributed by atoms with van der Waals surface area (Å²) in [5.41, 5.74) is 0.699. The van der Waals surface area contributed by atoms with Crippen molar-refractivity contribution in [2.45, 2.75) is 18.6 Å². The Morgan fingerprint density at radius 1 is 1.06 bits per heavy atom. The van der Waals surface area contributed by atoms with Crippen molar-refractivity contribution >= 4 is 11.9 Å². The van der Waals surface area contributed by atoms with Gasteiger partial charge in [-0.05, 0) is 42.0 Å². The zero-order valence-corrected chi connectivity index (χ0v) is 18.7. The maximum absolute atomic E-state index is 14.5. The molecule has 2 aliphatic heterocycles. The van der Waals surface area contributed by atoms with Crippen molar-refractivity contribution in [2.75, 3.05) is 13.7 Å². The molecule has 0 saturated carbocycles. The summed E-state index contributed by atoms with van der Waals surface area (Å²) in [7, 11) is 1.22. The van der Waals surface area contributed by atoms with Gasteiger partial charge in [-0.3, -0.25) is 14.4 Å². The van der Waals surface area contributed by atoms with E-state index in [0.29, 0.717) is 16.8 Å². The second-order valence-electron chi connectivity index (χ2n) is 8.69. The molecule has 180 valence electrons. The van der Waals surface area contributed by atoms with Gasteiger partial charge in [0, 0.05) is 30.3 Å². The predicted octanol–water partition coefficient (Wildman–Crippen LogP) is 2.77. The summed E-state index contributed by atoms with van der Waals surface area (Å²) in [5.74, 6) is -4.08. The molecule has 3 aromatic rings.